The molecule has 4 aromatic rings. The lowest BCUT2D eigenvalue weighted by atomic mass is 9.84. The second-order valence-corrected chi connectivity index (χ2v) is 13.9. The number of halogens is 1. The molecular weight excluding hydrogens is 745 g/mol. The van der Waals surface area contributed by atoms with Crippen molar-refractivity contribution in [1.29, 1.82) is 0 Å². The van der Waals surface area contributed by atoms with Crippen LogP contribution >= 0.6 is 34.4 Å². The molecule has 0 N–H and O–H groups in total. The van der Waals surface area contributed by atoms with Crippen molar-refractivity contribution >= 4 is 45.5 Å². The molecule has 3 heterocycles. The summed E-state index contributed by atoms with van der Waals surface area (Å²) in [5.41, 5.74) is 3.64. The van der Waals surface area contributed by atoms with Gasteiger partial charge in [-0.1, -0.05) is 59.3 Å². The fourth-order valence-corrected chi connectivity index (χ4v) is 7.56. The first kappa shape index (κ1) is 35.9. The second-order valence-electron chi connectivity index (χ2n) is 12.0. The highest BCUT2D eigenvalue weighted by molar-refractivity contribution is 14.1. The lowest BCUT2D eigenvalue weighted by Crippen LogP contribution is -2.28. The van der Waals surface area contributed by atoms with Crippen molar-refractivity contribution in [3.8, 4) is 34.4 Å². The van der Waals surface area contributed by atoms with Gasteiger partial charge < -0.3 is 23.0 Å². The number of aromatic nitrogens is 2. The van der Waals surface area contributed by atoms with Gasteiger partial charge in [-0.2, -0.15) is 0 Å². The molecule has 2 aromatic heterocycles. The number of thioether (sulfide) groups is 1. The van der Waals surface area contributed by atoms with Gasteiger partial charge in [-0.05, 0) is 81.8 Å². The number of ether oxygens (including phenoxy) is 3. The Morgan fingerprint density at radius 2 is 1.50 bits per heavy atom. The van der Waals surface area contributed by atoms with E-state index in [1.165, 1.54) is 4.90 Å². The van der Waals surface area contributed by atoms with Crippen LogP contribution in [0.25, 0.3) is 22.9 Å². The Balaban J connectivity index is 0.000000236. The number of alkyl halides is 1. The first-order chi connectivity index (χ1) is 23.2. The monoisotopic (exact) mass is 787 g/mol. The summed E-state index contributed by atoms with van der Waals surface area (Å²) in [4.78, 5) is 34.1. The number of oxazole rings is 2. The van der Waals surface area contributed by atoms with Gasteiger partial charge in [-0.15, -0.1) is 0 Å². The van der Waals surface area contributed by atoms with Crippen LogP contribution in [0.15, 0.2) is 57.4 Å². The van der Waals surface area contributed by atoms with Crippen molar-refractivity contribution in [3.63, 3.8) is 0 Å². The lowest BCUT2D eigenvalue weighted by molar-refractivity contribution is -0.125. The molecule has 1 saturated heterocycles. The molecule has 0 bridgehead atoms. The minimum Gasteiger partial charge on any atom is -0.497 e. The maximum Gasteiger partial charge on any atom is 0.288 e. The van der Waals surface area contributed by atoms with Crippen LogP contribution in [-0.4, -0.2) is 58.6 Å². The molecule has 2 amide bonds. The number of amides is 2. The Labute approximate surface area is 299 Å². The molecule has 2 aromatic carbocycles. The summed E-state index contributed by atoms with van der Waals surface area (Å²) < 4.78 is 29.0. The highest BCUT2D eigenvalue weighted by Crippen LogP contribution is 2.35. The summed E-state index contributed by atoms with van der Waals surface area (Å²) in [6.45, 7) is 4.27. The zero-order valence-corrected chi connectivity index (χ0v) is 31.0. The zero-order chi connectivity index (χ0) is 34.2. The van der Waals surface area contributed by atoms with Crippen molar-refractivity contribution in [2.45, 2.75) is 74.8 Å². The van der Waals surface area contributed by atoms with Crippen LogP contribution in [0, 0.1) is 19.8 Å². The number of hydrogen-bond acceptors (Lipinski definition) is 10. The second kappa shape index (κ2) is 16.8. The molecule has 6 rings (SSSR count). The molecule has 48 heavy (non-hydrogen) atoms. The molecule has 12 heteroatoms. The molecular formula is C36H42IN3O7S. The predicted molar refractivity (Wildman–Crippen MR) is 193 cm³/mol. The van der Waals surface area contributed by atoms with Gasteiger partial charge in [-0.3, -0.25) is 14.5 Å². The first-order valence-corrected chi connectivity index (χ1v) is 18.5. The van der Waals surface area contributed by atoms with Crippen LogP contribution < -0.4 is 9.47 Å². The minimum atomic E-state index is -0.221. The Morgan fingerprint density at radius 3 is 2.04 bits per heavy atom. The van der Waals surface area contributed by atoms with Gasteiger partial charge in [-0.25, -0.2) is 9.97 Å². The maximum absolute atomic E-state index is 12.1. The lowest BCUT2D eigenvalue weighted by Gasteiger charge is -2.29. The third-order valence-corrected chi connectivity index (χ3v) is 10.6. The van der Waals surface area contributed by atoms with E-state index in [9.17, 15) is 9.59 Å². The quantitative estimate of drug-likeness (QED) is 0.108. The van der Waals surface area contributed by atoms with Crippen LogP contribution in [0.4, 0.5) is 4.79 Å². The highest BCUT2D eigenvalue weighted by Gasteiger charge is 2.37. The van der Waals surface area contributed by atoms with E-state index in [1.807, 2.05) is 62.4 Å². The van der Waals surface area contributed by atoms with Gasteiger partial charge in [0.2, 0.25) is 17.7 Å². The molecule has 1 aliphatic carbocycles. The average Bonchev–Trinajstić information content (AvgIpc) is 3.77. The van der Waals surface area contributed by atoms with E-state index >= 15 is 0 Å². The Hall–Kier alpha value is -3.36. The summed E-state index contributed by atoms with van der Waals surface area (Å²) in [5.74, 6) is 4.91. The fourth-order valence-electron chi connectivity index (χ4n) is 5.85. The number of carbonyl (C=O) groups excluding carboxylic acids is 2. The number of carbonyl (C=O) groups is 2. The highest BCUT2D eigenvalue weighted by atomic mass is 127. The number of benzene rings is 2. The standard InChI is InChI=1S/C24H30N2O5S.C12H12INO2/c1-15-20(25-22(31-15)17-7-5-8-18(13-17)29-3)14-30-19-9-4-6-16(12-19)10-11-21-23(27)26(2)24(28)32-21;1-8-11(7-13)14-12(16-8)9-4-3-5-10(6-9)15-2/h5,7-8,13,16,19,21H,4,6,9-12,14H2,1-3H3;3-6H,7H2,1-2H3/t16-,19-,21?;/m1./s1. The molecule has 256 valence electrons. The molecule has 1 aliphatic heterocycles. The number of rotatable bonds is 11. The van der Waals surface area contributed by atoms with Crippen LogP contribution in [0.3, 0.4) is 0 Å². The minimum absolute atomic E-state index is 0.0584. The van der Waals surface area contributed by atoms with Crippen LogP contribution in [0.5, 0.6) is 11.5 Å². The summed E-state index contributed by atoms with van der Waals surface area (Å²) in [6.07, 6.45) is 6.17. The summed E-state index contributed by atoms with van der Waals surface area (Å²) in [7, 11) is 4.85. The number of hydrogen-bond donors (Lipinski definition) is 0. The van der Waals surface area contributed by atoms with Gasteiger partial charge in [0.25, 0.3) is 5.24 Å². The predicted octanol–water partition coefficient (Wildman–Crippen LogP) is 8.80. The van der Waals surface area contributed by atoms with E-state index in [0.29, 0.717) is 24.3 Å². The summed E-state index contributed by atoms with van der Waals surface area (Å²) >= 11 is 3.44. The van der Waals surface area contributed by atoms with Crippen LogP contribution in [-0.2, 0) is 20.6 Å². The van der Waals surface area contributed by atoms with E-state index in [4.69, 9.17) is 23.0 Å². The van der Waals surface area contributed by atoms with Crippen molar-refractivity contribution in [1.82, 2.24) is 14.9 Å². The molecule has 1 saturated carbocycles. The average molecular weight is 788 g/mol. The summed E-state index contributed by atoms with van der Waals surface area (Å²) in [6, 6.07) is 15.4. The van der Waals surface area contributed by atoms with Crippen LogP contribution in [0.2, 0.25) is 0 Å². The van der Waals surface area contributed by atoms with Crippen molar-refractivity contribution < 1.29 is 32.6 Å². The SMILES string of the molecule is COc1cccc(-c2nc(CI)c(C)o2)c1.COc1cccc(-c2nc(CO[C@@H]3CCC[C@H](CCC4SC(=O)N(C)C4=O)C3)c(C)o2)c1. The largest absolute Gasteiger partial charge is 0.497 e. The Kier molecular flexibility index (Phi) is 12.6. The molecule has 0 radical (unpaired) electrons. The van der Waals surface area contributed by atoms with Gasteiger partial charge in [0, 0.05) is 22.6 Å². The molecule has 10 nitrogen and oxygen atoms in total. The van der Waals surface area contributed by atoms with Gasteiger partial charge in [0.05, 0.1) is 37.9 Å². The maximum atomic E-state index is 12.1. The van der Waals surface area contributed by atoms with E-state index in [-0.39, 0.29) is 22.5 Å². The van der Waals surface area contributed by atoms with E-state index in [1.54, 1.807) is 21.3 Å². The number of aryl methyl sites for hydroxylation is 2. The third-order valence-electron chi connectivity index (χ3n) is 8.70. The molecule has 1 unspecified atom stereocenters. The molecule has 2 fully saturated rings. The van der Waals surface area contributed by atoms with Gasteiger partial charge in [0.15, 0.2) is 0 Å². The smallest absolute Gasteiger partial charge is 0.288 e. The number of imide groups is 1. The van der Waals surface area contributed by atoms with Crippen molar-refractivity contribution in [2.24, 2.45) is 5.92 Å². The molecule has 3 atom stereocenters. The van der Waals surface area contributed by atoms with Crippen LogP contribution in [0.1, 0.15) is 61.4 Å². The van der Waals surface area contributed by atoms with Crippen molar-refractivity contribution in [2.75, 3.05) is 21.3 Å². The summed E-state index contributed by atoms with van der Waals surface area (Å²) in [5, 5.41) is -0.359. The molecule has 2 aliphatic rings. The molecule has 0 spiro atoms. The van der Waals surface area contributed by atoms with Gasteiger partial charge in [0.1, 0.15) is 28.7 Å². The zero-order valence-electron chi connectivity index (χ0n) is 28.0. The topological polar surface area (TPSA) is 117 Å². The van der Waals surface area contributed by atoms with E-state index < -0.39 is 0 Å². The normalized spacial score (nSPS) is 19.3. The van der Waals surface area contributed by atoms with E-state index in [2.05, 4.69) is 32.6 Å². The van der Waals surface area contributed by atoms with Gasteiger partial charge >= 0.3 is 0 Å². The fraction of sp³-hybridized carbons (Fsp3) is 0.444. The number of methoxy groups -OCH3 is 2. The first-order valence-electron chi connectivity index (χ1n) is 16.1. The Morgan fingerprint density at radius 1 is 0.896 bits per heavy atom. The van der Waals surface area contributed by atoms with Crippen molar-refractivity contribution in [3.05, 3.63) is 71.4 Å². The van der Waals surface area contributed by atoms with E-state index in [0.717, 1.165) is 100 Å². The Bertz CT molecular complexity index is 1710. The number of nitrogens with zero attached hydrogens (tertiary/aromatic N) is 3. The third kappa shape index (κ3) is 9.00.